The number of aromatic amines is 1. The Morgan fingerprint density at radius 3 is 2.77 bits per heavy atom. The van der Waals surface area contributed by atoms with Crippen molar-refractivity contribution < 1.29 is 4.79 Å². The zero-order valence-electron chi connectivity index (χ0n) is 14.7. The van der Waals surface area contributed by atoms with Gasteiger partial charge in [-0.25, -0.2) is 0 Å². The van der Waals surface area contributed by atoms with Crippen LogP contribution in [-0.2, 0) is 13.1 Å². The molecular weight excluding hydrogens is 328 g/mol. The van der Waals surface area contributed by atoms with Gasteiger partial charge >= 0.3 is 0 Å². The van der Waals surface area contributed by atoms with Crippen LogP contribution in [0.5, 0.6) is 0 Å². The molecule has 0 fully saturated rings. The van der Waals surface area contributed by atoms with Crippen molar-refractivity contribution in [2.45, 2.75) is 26.9 Å². The van der Waals surface area contributed by atoms with Gasteiger partial charge in [0.25, 0.3) is 5.91 Å². The third kappa shape index (κ3) is 2.77. The van der Waals surface area contributed by atoms with Gasteiger partial charge in [0.05, 0.1) is 11.4 Å². The first-order valence-electron chi connectivity index (χ1n) is 8.68. The largest absolute Gasteiger partial charge is 0.340 e. The lowest BCUT2D eigenvalue weighted by atomic mass is 10.2. The molecule has 0 bridgehead atoms. The van der Waals surface area contributed by atoms with E-state index in [4.69, 9.17) is 0 Å². The van der Waals surface area contributed by atoms with Crippen molar-refractivity contribution in [3.8, 4) is 11.4 Å². The highest BCUT2D eigenvalue weighted by Crippen LogP contribution is 2.28. The SMILES string of the molecule is CCn1ccc(C(=O)Nc2cc(-c3cc4ccccc4n3CC)[nH]n2)n1. The Bertz CT molecular complexity index is 1070. The van der Waals surface area contributed by atoms with Crippen molar-refractivity contribution in [1.29, 1.82) is 0 Å². The van der Waals surface area contributed by atoms with Crippen LogP contribution in [0.25, 0.3) is 22.3 Å². The van der Waals surface area contributed by atoms with Crippen molar-refractivity contribution in [2.75, 3.05) is 5.32 Å². The smallest absolute Gasteiger partial charge is 0.277 e. The number of para-hydroxylation sites is 1. The van der Waals surface area contributed by atoms with Gasteiger partial charge in [0.2, 0.25) is 0 Å². The monoisotopic (exact) mass is 348 g/mol. The third-order valence-corrected chi connectivity index (χ3v) is 4.42. The van der Waals surface area contributed by atoms with E-state index in [-0.39, 0.29) is 5.91 Å². The van der Waals surface area contributed by atoms with Crippen LogP contribution < -0.4 is 5.32 Å². The summed E-state index contributed by atoms with van der Waals surface area (Å²) in [4.78, 5) is 12.3. The molecule has 7 nitrogen and oxygen atoms in total. The highest BCUT2D eigenvalue weighted by molar-refractivity contribution is 6.02. The second-order valence-electron chi connectivity index (χ2n) is 6.01. The Kier molecular flexibility index (Phi) is 4.04. The van der Waals surface area contributed by atoms with Crippen LogP contribution in [0.4, 0.5) is 5.82 Å². The number of benzene rings is 1. The lowest BCUT2D eigenvalue weighted by molar-refractivity contribution is 0.102. The number of aromatic nitrogens is 5. The molecule has 3 heterocycles. The Morgan fingerprint density at radius 2 is 2.00 bits per heavy atom. The maximum atomic E-state index is 12.3. The Morgan fingerprint density at radius 1 is 1.15 bits per heavy atom. The fourth-order valence-corrected chi connectivity index (χ4v) is 3.13. The molecule has 132 valence electrons. The molecule has 4 rings (SSSR count). The van der Waals surface area contributed by atoms with E-state index in [1.54, 1.807) is 16.9 Å². The van der Waals surface area contributed by atoms with Crippen molar-refractivity contribution in [3.63, 3.8) is 0 Å². The fourth-order valence-electron chi connectivity index (χ4n) is 3.13. The number of rotatable bonds is 5. The van der Waals surface area contributed by atoms with Crippen LogP contribution in [-0.4, -0.2) is 30.5 Å². The molecule has 0 radical (unpaired) electrons. The van der Waals surface area contributed by atoms with Crippen molar-refractivity contribution in [3.05, 3.63) is 54.4 Å². The minimum atomic E-state index is -0.272. The summed E-state index contributed by atoms with van der Waals surface area (Å²) in [5, 5.41) is 15.4. The number of aryl methyl sites for hydroxylation is 2. The molecule has 1 aromatic carbocycles. The van der Waals surface area contributed by atoms with E-state index < -0.39 is 0 Å². The van der Waals surface area contributed by atoms with Crippen LogP contribution in [0.2, 0.25) is 0 Å². The molecule has 0 saturated heterocycles. The number of carbonyl (C=O) groups is 1. The summed E-state index contributed by atoms with van der Waals surface area (Å²) in [6.45, 7) is 5.65. The molecule has 3 aromatic heterocycles. The van der Waals surface area contributed by atoms with Gasteiger partial charge in [-0.2, -0.15) is 10.2 Å². The van der Waals surface area contributed by atoms with Crippen molar-refractivity contribution >= 4 is 22.6 Å². The summed E-state index contributed by atoms with van der Waals surface area (Å²) in [7, 11) is 0. The molecule has 4 aromatic rings. The van der Waals surface area contributed by atoms with Crippen LogP contribution >= 0.6 is 0 Å². The molecule has 0 spiro atoms. The van der Waals surface area contributed by atoms with Gasteiger partial charge in [-0.3, -0.25) is 14.6 Å². The normalized spacial score (nSPS) is 11.2. The number of anilines is 1. The summed E-state index contributed by atoms with van der Waals surface area (Å²) >= 11 is 0. The van der Waals surface area contributed by atoms with Gasteiger partial charge in [0.15, 0.2) is 11.5 Å². The highest BCUT2D eigenvalue weighted by Gasteiger charge is 2.14. The maximum Gasteiger partial charge on any atom is 0.277 e. The van der Waals surface area contributed by atoms with E-state index in [9.17, 15) is 4.79 Å². The number of amides is 1. The minimum Gasteiger partial charge on any atom is -0.340 e. The predicted molar refractivity (Wildman–Crippen MR) is 101 cm³/mol. The molecule has 0 aliphatic heterocycles. The van der Waals surface area contributed by atoms with Crippen molar-refractivity contribution in [2.24, 2.45) is 0 Å². The van der Waals surface area contributed by atoms with Gasteiger partial charge in [-0.1, -0.05) is 18.2 Å². The van der Waals surface area contributed by atoms with Crippen LogP contribution in [0.3, 0.4) is 0 Å². The number of carbonyl (C=O) groups excluding carboxylic acids is 1. The topological polar surface area (TPSA) is 80.5 Å². The van der Waals surface area contributed by atoms with E-state index in [1.165, 1.54) is 10.9 Å². The van der Waals surface area contributed by atoms with Gasteiger partial charge in [0.1, 0.15) is 0 Å². The summed E-state index contributed by atoms with van der Waals surface area (Å²) in [6, 6.07) is 13.9. The van der Waals surface area contributed by atoms with Crippen LogP contribution in [0, 0.1) is 0 Å². The zero-order valence-corrected chi connectivity index (χ0v) is 14.7. The number of hydrogen-bond acceptors (Lipinski definition) is 3. The summed E-state index contributed by atoms with van der Waals surface area (Å²) in [6.07, 6.45) is 1.78. The van der Waals surface area contributed by atoms with E-state index >= 15 is 0 Å². The quantitative estimate of drug-likeness (QED) is 0.579. The second kappa shape index (κ2) is 6.51. The van der Waals surface area contributed by atoms with Gasteiger partial charge in [-0.05, 0) is 32.0 Å². The van der Waals surface area contributed by atoms with E-state index in [2.05, 4.69) is 50.3 Å². The maximum absolute atomic E-state index is 12.3. The molecule has 0 aliphatic carbocycles. The molecule has 1 amide bonds. The lowest BCUT2D eigenvalue weighted by Crippen LogP contribution is -2.13. The number of hydrogen-bond donors (Lipinski definition) is 2. The van der Waals surface area contributed by atoms with Gasteiger partial charge in [-0.15, -0.1) is 0 Å². The molecular formula is C19H20N6O. The standard InChI is InChI=1S/C19H20N6O/c1-3-24-10-9-14(23-24)19(26)20-18-12-15(21-22-18)17-11-13-7-5-6-8-16(13)25(17)4-2/h5-12H,3-4H2,1-2H3,(H2,20,21,22,26). The molecule has 0 unspecified atom stereocenters. The van der Waals surface area contributed by atoms with E-state index in [0.717, 1.165) is 24.5 Å². The number of fused-ring (bicyclic) bond motifs is 1. The molecule has 2 N–H and O–H groups in total. The minimum absolute atomic E-state index is 0.272. The average Bonchev–Trinajstić information content (AvgIpc) is 3.38. The number of nitrogens with one attached hydrogen (secondary N) is 2. The Balaban J connectivity index is 1.61. The Hall–Kier alpha value is -3.35. The molecule has 0 aliphatic rings. The lowest BCUT2D eigenvalue weighted by Gasteiger charge is -2.05. The van der Waals surface area contributed by atoms with Crippen LogP contribution in [0.1, 0.15) is 24.3 Å². The van der Waals surface area contributed by atoms with Crippen LogP contribution in [0.15, 0.2) is 48.7 Å². The summed E-state index contributed by atoms with van der Waals surface area (Å²) in [5.74, 6) is 0.204. The van der Waals surface area contributed by atoms with Gasteiger partial charge in [0, 0.05) is 36.3 Å². The molecule has 7 heteroatoms. The van der Waals surface area contributed by atoms with E-state index in [1.807, 2.05) is 25.1 Å². The number of H-pyrrole nitrogens is 1. The Labute approximate surface area is 150 Å². The highest BCUT2D eigenvalue weighted by atomic mass is 16.2. The first-order chi connectivity index (χ1) is 12.7. The molecule has 26 heavy (non-hydrogen) atoms. The van der Waals surface area contributed by atoms with Gasteiger partial charge < -0.3 is 9.88 Å². The second-order valence-corrected chi connectivity index (χ2v) is 6.01. The first-order valence-corrected chi connectivity index (χ1v) is 8.68. The summed E-state index contributed by atoms with van der Waals surface area (Å²) < 4.78 is 3.93. The third-order valence-electron chi connectivity index (χ3n) is 4.42. The van der Waals surface area contributed by atoms with Crippen molar-refractivity contribution in [1.82, 2.24) is 24.5 Å². The molecule has 0 atom stereocenters. The zero-order chi connectivity index (χ0) is 18.1. The average molecular weight is 348 g/mol. The first kappa shape index (κ1) is 16.1. The summed E-state index contributed by atoms with van der Waals surface area (Å²) in [5.41, 5.74) is 3.45. The number of nitrogens with zero attached hydrogens (tertiary/aromatic N) is 4. The van der Waals surface area contributed by atoms with E-state index in [0.29, 0.717) is 11.5 Å². The molecule has 0 saturated carbocycles. The fraction of sp³-hybridized carbons (Fsp3) is 0.211. The predicted octanol–water partition coefficient (Wildman–Crippen LogP) is 3.52.